The second-order valence-corrected chi connectivity index (χ2v) is 9.36. The summed E-state index contributed by atoms with van der Waals surface area (Å²) in [4.78, 5) is 0. The van der Waals surface area contributed by atoms with Crippen LogP contribution in [0, 0.1) is 0 Å². The molecule has 0 unspecified atom stereocenters. The highest BCUT2D eigenvalue weighted by Crippen LogP contribution is 2.09. The van der Waals surface area contributed by atoms with Crippen molar-refractivity contribution in [3.8, 4) is 0 Å². The molecule has 0 amide bonds. The van der Waals surface area contributed by atoms with Crippen LogP contribution in [0.1, 0.15) is 196 Å². The molecule has 0 saturated carbocycles. The molecule has 0 aliphatic rings. The zero-order valence-corrected chi connectivity index (χ0v) is 23.5. The summed E-state index contributed by atoms with van der Waals surface area (Å²) in [5, 5.41) is 0. The first-order valence-electron chi connectivity index (χ1n) is 14.7. The Bertz CT molecular complexity index is 164. The van der Waals surface area contributed by atoms with Gasteiger partial charge in [-0.05, 0) is 0 Å². The third-order valence-electron chi connectivity index (χ3n) is 5.87. The van der Waals surface area contributed by atoms with Crippen LogP contribution in [0.2, 0.25) is 0 Å². The summed E-state index contributed by atoms with van der Waals surface area (Å²) in [6.45, 7) is 13.6. The Hall–Kier alpha value is 0.0649. The Labute approximate surface area is 204 Å². The molecule has 0 aromatic carbocycles. The molecule has 0 heterocycles. The maximum atomic E-state index is 2.27. The van der Waals surface area contributed by atoms with Crippen molar-refractivity contribution in [1.29, 1.82) is 0 Å². The van der Waals surface area contributed by atoms with Crippen molar-refractivity contribution in [2.75, 3.05) is 0 Å². The van der Waals surface area contributed by atoms with Crippen molar-refractivity contribution in [2.45, 2.75) is 196 Å². The Morgan fingerprint density at radius 2 is 0.290 bits per heavy atom. The van der Waals surface area contributed by atoms with E-state index in [0.717, 1.165) is 0 Å². The van der Waals surface area contributed by atoms with Gasteiger partial charge in [-0.3, -0.25) is 0 Å². The molecule has 189 valence electrons. The van der Waals surface area contributed by atoms with E-state index in [1.165, 1.54) is 154 Å². The minimum atomic E-state index is 0. The van der Waals surface area contributed by atoms with Crippen LogP contribution in [0.3, 0.4) is 0 Å². The predicted molar refractivity (Wildman–Crippen MR) is 151 cm³/mol. The fraction of sp³-hybridized carbons (Fsp3) is 1.00. The van der Waals surface area contributed by atoms with E-state index in [-0.39, 0.29) is 8.41 Å². The summed E-state index contributed by atoms with van der Waals surface area (Å²) in [6.07, 6.45) is 34.4. The summed E-state index contributed by atoms with van der Waals surface area (Å²) in [5.41, 5.74) is 0. The first kappa shape index (κ1) is 38.3. The lowest BCUT2D eigenvalue weighted by molar-refractivity contribution is 0.585. The molecule has 31 heavy (non-hydrogen) atoms. The summed E-state index contributed by atoms with van der Waals surface area (Å²) < 4.78 is 0. The van der Waals surface area contributed by atoms with Gasteiger partial charge in [0.2, 0.25) is 0 Å². The zero-order valence-electron chi connectivity index (χ0n) is 23.5. The molecular formula is C30H66B. The van der Waals surface area contributed by atoms with Gasteiger partial charge in [-0.15, -0.1) is 0 Å². The van der Waals surface area contributed by atoms with Crippen molar-refractivity contribution in [3.63, 3.8) is 0 Å². The summed E-state index contributed by atoms with van der Waals surface area (Å²) in [6, 6.07) is 0. The fourth-order valence-electron chi connectivity index (χ4n) is 3.62. The standard InChI is InChI=1S/3C10H22.B/c3*1-3-5-7-9-10-8-6-4-2;/h3*3-10H2,1-2H3;. The SMILES string of the molecule is CCCCCCCCCC.CCCCCCCCCC.CCCCCCCCCC.[B]. The minimum Gasteiger partial charge on any atom is -0.0654 e. The summed E-state index contributed by atoms with van der Waals surface area (Å²) >= 11 is 0. The largest absolute Gasteiger partial charge is 0.0654 e. The molecular weight excluding hydrogens is 371 g/mol. The van der Waals surface area contributed by atoms with Crippen molar-refractivity contribution in [2.24, 2.45) is 0 Å². The smallest absolute Gasteiger partial charge is 0 e. The topological polar surface area (TPSA) is 0 Å². The predicted octanol–water partition coefficient (Wildman–Crippen LogP) is 12.1. The van der Waals surface area contributed by atoms with Gasteiger partial charge in [0, 0.05) is 8.41 Å². The van der Waals surface area contributed by atoms with Crippen LogP contribution < -0.4 is 0 Å². The fourth-order valence-corrected chi connectivity index (χ4v) is 3.62. The Kier molecular flexibility index (Phi) is 54.2. The van der Waals surface area contributed by atoms with E-state index < -0.39 is 0 Å². The van der Waals surface area contributed by atoms with Crippen molar-refractivity contribution >= 4 is 8.41 Å². The number of unbranched alkanes of at least 4 members (excludes halogenated alkanes) is 21. The first-order chi connectivity index (χ1) is 14.7. The van der Waals surface area contributed by atoms with Gasteiger partial charge in [0.05, 0.1) is 0 Å². The van der Waals surface area contributed by atoms with Gasteiger partial charge in [-0.1, -0.05) is 196 Å². The van der Waals surface area contributed by atoms with Crippen molar-refractivity contribution < 1.29 is 0 Å². The van der Waals surface area contributed by atoms with Crippen LogP contribution in [0.4, 0.5) is 0 Å². The normalized spacial score (nSPS) is 9.87. The lowest BCUT2D eigenvalue weighted by Gasteiger charge is -1.97. The van der Waals surface area contributed by atoms with Crippen LogP contribution in [-0.4, -0.2) is 8.41 Å². The number of hydrogen-bond donors (Lipinski definition) is 0. The van der Waals surface area contributed by atoms with E-state index in [2.05, 4.69) is 41.5 Å². The van der Waals surface area contributed by atoms with Crippen LogP contribution in [-0.2, 0) is 0 Å². The molecule has 0 aliphatic heterocycles. The van der Waals surface area contributed by atoms with Crippen LogP contribution in [0.15, 0.2) is 0 Å². The van der Waals surface area contributed by atoms with Gasteiger partial charge in [0.1, 0.15) is 0 Å². The molecule has 0 aliphatic carbocycles. The van der Waals surface area contributed by atoms with Crippen LogP contribution >= 0.6 is 0 Å². The lowest BCUT2D eigenvalue weighted by Crippen LogP contribution is -1.77. The maximum absolute atomic E-state index is 2.27. The summed E-state index contributed by atoms with van der Waals surface area (Å²) in [7, 11) is 0. The number of hydrogen-bond acceptors (Lipinski definition) is 0. The third kappa shape index (κ3) is 53.4. The lowest BCUT2D eigenvalue weighted by atomic mass is 10.1. The second-order valence-electron chi connectivity index (χ2n) is 9.36. The molecule has 0 spiro atoms. The minimum absolute atomic E-state index is 0. The monoisotopic (exact) mass is 438 g/mol. The average Bonchev–Trinajstić information content (AvgIpc) is 2.77. The van der Waals surface area contributed by atoms with Gasteiger partial charge in [0.15, 0.2) is 0 Å². The van der Waals surface area contributed by atoms with E-state index in [4.69, 9.17) is 0 Å². The van der Waals surface area contributed by atoms with Crippen molar-refractivity contribution in [1.82, 2.24) is 0 Å². The zero-order chi connectivity index (χ0) is 23.0. The molecule has 0 aromatic heterocycles. The first-order valence-corrected chi connectivity index (χ1v) is 14.7. The quantitative estimate of drug-likeness (QED) is 0.124. The van der Waals surface area contributed by atoms with Gasteiger partial charge < -0.3 is 0 Å². The van der Waals surface area contributed by atoms with E-state index in [9.17, 15) is 0 Å². The van der Waals surface area contributed by atoms with Gasteiger partial charge in [0.25, 0.3) is 0 Å². The molecule has 0 aromatic rings. The molecule has 0 atom stereocenters. The van der Waals surface area contributed by atoms with Gasteiger partial charge in [-0.2, -0.15) is 0 Å². The van der Waals surface area contributed by atoms with Crippen molar-refractivity contribution in [3.05, 3.63) is 0 Å². The van der Waals surface area contributed by atoms with E-state index in [1.807, 2.05) is 0 Å². The van der Waals surface area contributed by atoms with E-state index >= 15 is 0 Å². The highest BCUT2D eigenvalue weighted by atomic mass is 14.0. The molecule has 0 rings (SSSR count). The highest BCUT2D eigenvalue weighted by molar-refractivity contribution is 5.75. The molecule has 0 fully saturated rings. The second kappa shape index (κ2) is 43.9. The van der Waals surface area contributed by atoms with Gasteiger partial charge in [-0.25, -0.2) is 0 Å². The van der Waals surface area contributed by atoms with Gasteiger partial charge >= 0.3 is 0 Å². The molecule has 3 radical (unpaired) electrons. The highest BCUT2D eigenvalue weighted by Gasteiger charge is 1.89. The third-order valence-corrected chi connectivity index (χ3v) is 5.87. The van der Waals surface area contributed by atoms with E-state index in [1.54, 1.807) is 0 Å². The Balaban J connectivity index is -0.000000174. The average molecular weight is 438 g/mol. The molecule has 0 bridgehead atoms. The van der Waals surface area contributed by atoms with E-state index in [0.29, 0.717) is 0 Å². The Morgan fingerprint density at radius 3 is 0.387 bits per heavy atom. The Morgan fingerprint density at radius 1 is 0.194 bits per heavy atom. The van der Waals surface area contributed by atoms with Crippen LogP contribution in [0.25, 0.3) is 0 Å². The maximum Gasteiger partial charge on any atom is 0 e. The molecule has 1 heteroatoms. The molecule has 0 saturated heterocycles. The summed E-state index contributed by atoms with van der Waals surface area (Å²) in [5.74, 6) is 0. The molecule has 0 nitrogen and oxygen atoms in total. The molecule has 0 N–H and O–H groups in total. The number of rotatable bonds is 21. The van der Waals surface area contributed by atoms with Crippen LogP contribution in [0.5, 0.6) is 0 Å².